The zero-order valence-electron chi connectivity index (χ0n) is 22.8. The molecule has 3 atom stereocenters. The summed E-state index contributed by atoms with van der Waals surface area (Å²) >= 11 is 0. The fraction of sp³-hybridized carbons (Fsp3) is 0.567. The SMILES string of the molecule is COc1ccc(N2C(=O)[C@H](OCc3ccccc3)[C@H]2[C@H](O[Si](C)(C)C(C)(C)C)C2CCCCC2)cc1. The van der Waals surface area contributed by atoms with E-state index in [1.165, 1.54) is 19.3 Å². The summed E-state index contributed by atoms with van der Waals surface area (Å²) < 4.78 is 19.0. The standard InChI is InChI=1S/C30H43NO4Si/c1-30(2,3)36(5,6)35-27(23-15-11-8-12-16-23)26-28(34-21-22-13-9-7-10-14-22)29(32)31(26)24-17-19-25(33-4)20-18-24/h7,9-10,13-14,17-20,23,26-28H,8,11-12,15-16,21H2,1-6H3/t26-,27-,28-/m1/s1. The number of carbonyl (C=O) groups is 1. The van der Waals surface area contributed by atoms with Gasteiger partial charge in [-0.2, -0.15) is 0 Å². The number of carbonyl (C=O) groups excluding carboxylic acids is 1. The number of methoxy groups -OCH3 is 1. The van der Waals surface area contributed by atoms with Crippen LogP contribution in [-0.4, -0.2) is 39.6 Å². The molecule has 6 heteroatoms. The van der Waals surface area contributed by atoms with E-state index in [9.17, 15) is 4.79 Å². The lowest BCUT2D eigenvalue weighted by Crippen LogP contribution is -2.72. The van der Waals surface area contributed by atoms with Gasteiger partial charge in [0.25, 0.3) is 5.91 Å². The van der Waals surface area contributed by atoms with Crippen LogP contribution < -0.4 is 9.64 Å². The Balaban J connectivity index is 1.68. The number of ether oxygens (including phenoxy) is 2. The third-order valence-electron chi connectivity index (χ3n) is 8.40. The number of rotatable bonds is 9. The molecule has 0 radical (unpaired) electrons. The summed E-state index contributed by atoms with van der Waals surface area (Å²) in [6.45, 7) is 11.9. The molecule has 0 bridgehead atoms. The van der Waals surface area contributed by atoms with Crippen LogP contribution in [0.5, 0.6) is 5.75 Å². The Labute approximate surface area is 218 Å². The van der Waals surface area contributed by atoms with E-state index in [-0.39, 0.29) is 23.1 Å². The van der Waals surface area contributed by atoms with Crippen molar-refractivity contribution in [2.75, 3.05) is 12.0 Å². The van der Waals surface area contributed by atoms with Crippen molar-refractivity contribution >= 4 is 19.9 Å². The minimum atomic E-state index is -2.09. The Morgan fingerprint density at radius 2 is 1.61 bits per heavy atom. The average molecular weight is 510 g/mol. The predicted octanol–water partition coefficient (Wildman–Crippen LogP) is 6.97. The zero-order valence-corrected chi connectivity index (χ0v) is 23.8. The van der Waals surface area contributed by atoms with Crippen LogP contribution in [-0.2, 0) is 20.6 Å². The van der Waals surface area contributed by atoms with E-state index < -0.39 is 14.4 Å². The van der Waals surface area contributed by atoms with Crippen molar-refractivity contribution in [1.82, 2.24) is 0 Å². The highest BCUT2D eigenvalue weighted by Crippen LogP contribution is 2.44. The molecule has 4 rings (SSSR count). The Hall–Kier alpha value is -2.15. The summed E-state index contributed by atoms with van der Waals surface area (Å²) in [5.41, 5.74) is 1.96. The first-order chi connectivity index (χ1) is 17.1. The van der Waals surface area contributed by atoms with Crippen LogP contribution in [0, 0.1) is 5.92 Å². The smallest absolute Gasteiger partial charge is 0.258 e. The minimum Gasteiger partial charge on any atom is -0.497 e. The molecule has 1 saturated heterocycles. The molecule has 0 N–H and O–H groups in total. The molecular formula is C30H43NO4Si. The number of hydrogen-bond acceptors (Lipinski definition) is 4. The van der Waals surface area contributed by atoms with Crippen LogP contribution in [0.3, 0.4) is 0 Å². The summed E-state index contributed by atoms with van der Waals surface area (Å²) in [5.74, 6) is 1.22. The van der Waals surface area contributed by atoms with Gasteiger partial charge in [0.15, 0.2) is 14.4 Å². The lowest BCUT2D eigenvalue weighted by Gasteiger charge is -2.54. The first-order valence-corrected chi connectivity index (χ1v) is 16.3. The molecule has 0 aromatic heterocycles. The normalized spacial score (nSPS) is 22.3. The molecule has 5 nitrogen and oxygen atoms in total. The highest BCUT2D eigenvalue weighted by molar-refractivity contribution is 6.74. The molecule has 1 amide bonds. The van der Waals surface area contributed by atoms with Gasteiger partial charge in [0, 0.05) is 5.69 Å². The van der Waals surface area contributed by atoms with Crippen LogP contribution in [0.4, 0.5) is 5.69 Å². The highest BCUT2D eigenvalue weighted by atomic mass is 28.4. The summed E-state index contributed by atoms with van der Waals surface area (Å²) in [6, 6.07) is 17.7. The monoisotopic (exact) mass is 509 g/mol. The molecular weight excluding hydrogens is 466 g/mol. The molecule has 36 heavy (non-hydrogen) atoms. The van der Waals surface area contributed by atoms with Gasteiger partial charge in [0.1, 0.15) is 5.75 Å². The van der Waals surface area contributed by atoms with Crippen molar-refractivity contribution < 1.29 is 18.7 Å². The van der Waals surface area contributed by atoms with Gasteiger partial charge in [-0.1, -0.05) is 70.4 Å². The maximum absolute atomic E-state index is 13.6. The first-order valence-electron chi connectivity index (χ1n) is 13.4. The number of amides is 1. The first kappa shape index (κ1) is 26.9. The molecule has 2 fully saturated rings. The summed E-state index contributed by atoms with van der Waals surface area (Å²) in [6.07, 6.45) is 5.46. The molecule has 1 aliphatic carbocycles. The maximum Gasteiger partial charge on any atom is 0.258 e. The number of anilines is 1. The summed E-state index contributed by atoms with van der Waals surface area (Å²) in [5, 5.41) is 0.0823. The number of benzene rings is 2. The van der Waals surface area contributed by atoms with Crippen molar-refractivity contribution in [1.29, 1.82) is 0 Å². The van der Waals surface area contributed by atoms with E-state index in [4.69, 9.17) is 13.9 Å². The van der Waals surface area contributed by atoms with Crippen molar-refractivity contribution in [2.45, 2.75) is 95.9 Å². The maximum atomic E-state index is 13.6. The Kier molecular flexibility index (Phi) is 8.27. The molecule has 196 valence electrons. The largest absolute Gasteiger partial charge is 0.497 e. The molecule has 1 aliphatic heterocycles. The molecule has 0 spiro atoms. The van der Waals surface area contributed by atoms with Crippen molar-refractivity contribution in [3.8, 4) is 5.75 Å². The second-order valence-corrected chi connectivity index (χ2v) is 16.6. The summed E-state index contributed by atoms with van der Waals surface area (Å²) in [4.78, 5) is 15.6. The van der Waals surface area contributed by atoms with Crippen LogP contribution >= 0.6 is 0 Å². The number of β-lactam (4-membered cyclic amide) rings is 1. The Morgan fingerprint density at radius 1 is 0.972 bits per heavy atom. The third kappa shape index (κ3) is 5.71. The number of hydrogen-bond donors (Lipinski definition) is 0. The van der Waals surface area contributed by atoms with Gasteiger partial charge in [0.05, 0.1) is 25.9 Å². The molecule has 1 saturated carbocycles. The Bertz CT molecular complexity index is 996. The van der Waals surface area contributed by atoms with Gasteiger partial charge in [0.2, 0.25) is 0 Å². The van der Waals surface area contributed by atoms with E-state index >= 15 is 0 Å². The van der Waals surface area contributed by atoms with E-state index in [1.54, 1.807) is 7.11 Å². The van der Waals surface area contributed by atoms with Gasteiger partial charge < -0.3 is 18.8 Å². The van der Waals surface area contributed by atoms with Gasteiger partial charge >= 0.3 is 0 Å². The zero-order chi connectivity index (χ0) is 25.9. The van der Waals surface area contributed by atoms with E-state index in [0.717, 1.165) is 29.8 Å². The van der Waals surface area contributed by atoms with Crippen molar-refractivity contribution in [3.63, 3.8) is 0 Å². The fourth-order valence-electron chi connectivity index (χ4n) is 5.20. The highest BCUT2D eigenvalue weighted by Gasteiger charge is 2.56. The van der Waals surface area contributed by atoms with Crippen LogP contribution in [0.25, 0.3) is 0 Å². The van der Waals surface area contributed by atoms with E-state index in [1.807, 2.05) is 59.5 Å². The third-order valence-corrected chi connectivity index (χ3v) is 12.9. The van der Waals surface area contributed by atoms with Crippen LogP contribution in [0.2, 0.25) is 18.1 Å². The Morgan fingerprint density at radius 3 is 2.19 bits per heavy atom. The number of nitrogens with zero attached hydrogens (tertiary/aromatic N) is 1. The quantitative estimate of drug-likeness (QED) is 0.271. The van der Waals surface area contributed by atoms with E-state index in [2.05, 4.69) is 33.9 Å². The molecule has 0 unspecified atom stereocenters. The van der Waals surface area contributed by atoms with Gasteiger partial charge in [-0.15, -0.1) is 0 Å². The molecule has 2 aliphatic rings. The van der Waals surface area contributed by atoms with E-state index in [0.29, 0.717) is 12.5 Å². The second kappa shape index (κ2) is 11.1. The van der Waals surface area contributed by atoms with Crippen LogP contribution in [0.1, 0.15) is 58.4 Å². The average Bonchev–Trinajstić information content (AvgIpc) is 2.87. The lowest BCUT2D eigenvalue weighted by molar-refractivity contribution is -0.150. The van der Waals surface area contributed by atoms with Crippen LogP contribution in [0.15, 0.2) is 54.6 Å². The second-order valence-electron chi connectivity index (χ2n) is 11.9. The van der Waals surface area contributed by atoms with Gasteiger partial charge in [-0.05, 0) is 66.7 Å². The molecule has 2 aromatic rings. The van der Waals surface area contributed by atoms with Gasteiger partial charge in [-0.3, -0.25) is 4.79 Å². The topological polar surface area (TPSA) is 48.0 Å². The molecule has 2 aromatic carbocycles. The van der Waals surface area contributed by atoms with Crippen molar-refractivity contribution in [3.05, 3.63) is 60.2 Å². The summed E-state index contributed by atoms with van der Waals surface area (Å²) in [7, 11) is -0.435. The fourth-order valence-corrected chi connectivity index (χ4v) is 6.57. The van der Waals surface area contributed by atoms with Crippen molar-refractivity contribution in [2.24, 2.45) is 5.92 Å². The predicted molar refractivity (Wildman–Crippen MR) is 148 cm³/mol. The lowest BCUT2D eigenvalue weighted by atomic mass is 9.78. The van der Waals surface area contributed by atoms with Gasteiger partial charge in [-0.25, -0.2) is 0 Å². The molecule has 1 heterocycles. The minimum absolute atomic E-state index is 0.0146.